The van der Waals surface area contributed by atoms with E-state index in [0.717, 1.165) is 11.4 Å². The van der Waals surface area contributed by atoms with E-state index in [0.29, 0.717) is 12.0 Å². The van der Waals surface area contributed by atoms with Gasteiger partial charge in [-0.05, 0) is 38.5 Å². The minimum atomic E-state index is -0.229. The standard InChI is InChI=1S/C13H16FN3/c1-9(15)8-11-12(14)4-3-5-13(11)17-7-6-10(2)16-17/h3-7,9H,8,15H2,1-2H3. The van der Waals surface area contributed by atoms with Crippen LogP contribution in [0.3, 0.4) is 0 Å². The summed E-state index contributed by atoms with van der Waals surface area (Å²) in [5.41, 5.74) is 8.03. The number of benzene rings is 1. The first kappa shape index (κ1) is 11.8. The number of aryl methyl sites for hydroxylation is 1. The van der Waals surface area contributed by atoms with Crippen molar-refractivity contribution in [3.63, 3.8) is 0 Å². The van der Waals surface area contributed by atoms with E-state index in [9.17, 15) is 4.39 Å². The summed E-state index contributed by atoms with van der Waals surface area (Å²) >= 11 is 0. The number of rotatable bonds is 3. The van der Waals surface area contributed by atoms with Gasteiger partial charge in [0.2, 0.25) is 0 Å². The minimum absolute atomic E-state index is 0.0812. The van der Waals surface area contributed by atoms with Crippen molar-refractivity contribution in [1.82, 2.24) is 9.78 Å². The first-order chi connectivity index (χ1) is 8.08. The second-order valence-corrected chi connectivity index (χ2v) is 4.32. The Morgan fingerprint density at radius 3 is 2.76 bits per heavy atom. The molecule has 0 radical (unpaired) electrons. The lowest BCUT2D eigenvalue weighted by atomic mass is 10.0. The highest BCUT2D eigenvalue weighted by Crippen LogP contribution is 2.19. The number of halogens is 1. The molecule has 1 atom stereocenters. The molecule has 0 saturated heterocycles. The van der Waals surface area contributed by atoms with Gasteiger partial charge in [-0.3, -0.25) is 0 Å². The summed E-state index contributed by atoms with van der Waals surface area (Å²) in [4.78, 5) is 0. The van der Waals surface area contributed by atoms with Crippen molar-refractivity contribution in [1.29, 1.82) is 0 Å². The number of aromatic nitrogens is 2. The Bertz CT molecular complexity index is 517. The number of hydrogen-bond acceptors (Lipinski definition) is 2. The summed E-state index contributed by atoms with van der Waals surface area (Å²) in [5.74, 6) is -0.229. The van der Waals surface area contributed by atoms with Crippen LogP contribution in [0.5, 0.6) is 0 Å². The van der Waals surface area contributed by atoms with E-state index in [1.807, 2.05) is 32.2 Å². The molecule has 0 fully saturated rings. The highest BCUT2D eigenvalue weighted by molar-refractivity contribution is 5.42. The van der Waals surface area contributed by atoms with Gasteiger partial charge in [-0.2, -0.15) is 5.10 Å². The Morgan fingerprint density at radius 2 is 2.18 bits per heavy atom. The molecule has 0 spiro atoms. The first-order valence-electron chi connectivity index (χ1n) is 5.63. The molecule has 4 heteroatoms. The molecular formula is C13H16FN3. The summed E-state index contributed by atoms with van der Waals surface area (Å²) in [6.07, 6.45) is 2.33. The molecule has 3 nitrogen and oxygen atoms in total. The van der Waals surface area contributed by atoms with Gasteiger partial charge in [-0.1, -0.05) is 6.07 Å². The molecule has 90 valence electrons. The maximum absolute atomic E-state index is 13.8. The normalized spacial score (nSPS) is 12.7. The van der Waals surface area contributed by atoms with E-state index in [1.165, 1.54) is 6.07 Å². The molecule has 0 saturated carbocycles. The highest BCUT2D eigenvalue weighted by Gasteiger charge is 2.12. The lowest BCUT2D eigenvalue weighted by molar-refractivity contribution is 0.591. The van der Waals surface area contributed by atoms with Crippen LogP contribution in [-0.4, -0.2) is 15.8 Å². The highest BCUT2D eigenvalue weighted by atomic mass is 19.1. The molecule has 0 aliphatic rings. The SMILES string of the molecule is Cc1ccn(-c2cccc(F)c2CC(C)N)n1. The third-order valence-corrected chi connectivity index (χ3v) is 2.59. The third kappa shape index (κ3) is 2.53. The average Bonchev–Trinajstić information content (AvgIpc) is 2.67. The van der Waals surface area contributed by atoms with Gasteiger partial charge in [0.1, 0.15) is 5.82 Å². The maximum atomic E-state index is 13.8. The van der Waals surface area contributed by atoms with Crippen LogP contribution >= 0.6 is 0 Å². The van der Waals surface area contributed by atoms with Crippen molar-refractivity contribution in [2.75, 3.05) is 0 Å². The van der Waals surface area contributed by atoms with Crippen LogP contribution in [-0.2, 0) is 6.42 Å². The molecule has 0 amide bonds. The second-order valence-electron chi connectivity index (χ2n) is 4.32. The molecule has 1 unspecified atom stereocenters. The van der Waals surface area contributed by atoms with Gasteiger partial charge in [-0.15, -0.1) is 0 Å². The molecular weight excluding hydrogens is 217 g/mol. The fourth-order valence-corrected chi connectivity index (χ4v) is 1.84. The van der Waals surface area contributed by atoms with Crippen molar-refractivity contribution in [3.05, 3.63) is 47.5 Å². The van der Waals surface area contributed by atoms with Crippen LogP contribution in [0.15, 0.2) is 30.5 Å². The van der Waals surface area contributed by atoms with E-state index in [1.54, 1.807) is 10.7 Å². The molecule has 17 heavy (non-hydrogen) atoms. The maximum Gasteiger partial charge on any atom is 0.128 e. The molecule has 1 aromatic heterocycles. The summed E-state index contributed by atoms with van der Waals surface area (Å²) in [7, 11) is 0. The minimum Gasteiger partial charge on any atom is -0.328 e. The van der Waals surface area contributed by atoms with E-state index in [-0.39, 0.29) is 11.9 Å². The van der Waals surface area contributed by atoms with Gasteiger partial charge in [0, 0.05) is 17.8 Å². The monoisotopic (exact) mass is 233 g/mol. The molecule has 0 aliphatic carbocycles. The summed E-state index contributed by atoms with van der Waals surface area (Å²) < 4.78 is 15.5. The van der Waals surface area contributed by atoms with Crippen molar-refractivity contribution in [3.8, 4) is 5.69 Å². The van der Waals surface area contributed by atoms with Crippen molar-refractivity contribution < 1.29 is 4.39 Å². The lowest BCUT2D eigenvalue weighted by Gasteiger charge is -2.12. The summed E-state index contributed by atoms with van der Waals surface area (Å²) in [6.45, 7) is 3.77. The quantitative estimate of drug-likeness (QED) is 0.883. The Kier molecular flexibility index (Phi) is 3.24. The third-order valence-electron chi connectivity index (χ3n) is 2.59. The number of nitrogens with zero attached hydrogens (tertiary/aromatic N) is 2. The van der Waals surface area contributed by atoms with Gasteiger partial charge < -0.3 is 5.73 Å². The molecule has 2 aromatic rings. The number of hydrogen-bond donors (Lipinski definition) is 1. The Balaban J connectivity index is 2.49. The fraction of sp³-hybridized carbons (Fsp3) is 0.308. The van der Waals surface area contributed by atoms with Crippen LogP contribution in [0.25, 0.3) is 5.69 Å². The van der Waals surface area contributed by atoms with E-state index >= 15 is 0 Å². The molecule has 2 rings (SSSR count). The van der Waals surface area contributed by atoms with Crippen LogP contribution in [0.2, 0.25) is 0 Å². The van der Waals surface area contributed by atoms with Crippen molar-refractivity contribution in [2.24, 2.45) is 5.73 Å². The zero-order valence-electron chi connectivity index (χ0n) is 10.0. The van der Waals surface area contributed by atoms with E-state index < -0.39 is 0 Å². The van der Waals surface area contributed by atoms with Crippen LogP contribution in [0.4, 0.5) is 4.39 Å². The molecule has 0 bridgehead atoms. The van der Waals surface area contributed by atoms with Crippen LogP contribution < -0.4 is 5.73 Å². The number of nitrogens with two attached hydrogens (primary N) is 1. The summed E-state index contributed by atoms with van der Waals surface area (Å²) in [6, 6.07) is 6.81. The van der Waals surface area contributed by atoms with Gasteiger partial charge in [0.25, 0.3) is 0 Å². The fourth-order valence-electron chi connectivity index (χ4n) is 1.84. The Hall–Kier alpha value is -1.68. The topological polar surface area (TPSA) is 43.8 Å². The molecule has 0 aliphatic heterocycles. The molecule has 1 aromatic carbocycles. The molecule has 2 N–H and O–H groups in total. The lowest BCUT2D eigenvalue weighted by Crippen LogP contribution is -2.20. The Labute approximate surface area is 100 Å². The van der Waals surface area contributed by atoms with E-state index in [2.05, 4.69) is 5.10 Å². The predicted octanol–water partition coefficient (Wildman–Crippen LogP) is 2.21. The molecule has 1 heterocycles. The Morgan fingerprint density at radius 1 is 1.41 bits per heavy atom. The van der Waals surface area contributed by atoms with Crippen molar-refractivity contribution >= 4 is 0 Å². The largest absolute Gasteiger partial charge is 0.328 e. The zero-order valence-corrected chi connectivity index (χ0v) is 10.0. The van der Waals surface area contributed by atoms with Crippen molar-refractivity contribution in [2.45, 2.75) is 26.3 Å². The summed E-state index contributed by atoms with van der Waals surface area (Å²) in [5, 5.41) is 4.30. The van der Waals surface area contributed by atoms with Crippen LogP contribution in [0, 0.1) is 12.7 Å². The first-order valence-corrected chi connectivity index (χ1v) is 5.63. The smallest absolute Gasteiger partial charge is 0.128 e. The van der Waals surface area contributed by atoms with E-state index in [4.69, 9.17) is 5.73 Å². The van der Waals surface area contributed by atoms with Gasteiger partial charge >= 0.3 is 0 Å². The zero-order chi connectivity index (χ0) is 12.4. The van der Waals surface area contributed by atoms with Gasteiger partial charge in [0.05, 0.1) is 11.4 Å². The predicted molar refractivity (Wildman–Crippen MR) is 65.6 cm³/mol. The van der Waals surface area contributed by atoms with Crippen LogP contribution in [0.1, 0.15) is 18.2 Å². The average molecular weight is 233 g/mol. The van der Waals surface area contributed by atoms with Gasteiger partial charge in [-0.25, -0.2) is 9.07 Å². The second kappa shape index (κ2) is 4.67. The van der Waals surface area contributed by atoms with Gasteiger partial charge in [0.15, 0.2) is 0 Å².